The summed E-state index contributed by atoms with van der Waals surface area (Å²) in [5, 5.41) is 6.56. The second-order valence-corrected chi connectivity index (χ2v) is 4.97. The fourth-order valence-corrected chi connectivity index (χ4v) is 2.49. The third-order valence-corrected chi connectivity index (χ3v) is 3.43. The molecule has 0 aromatic heterocycles. The van der Waals surface area contributed by atoms with Gasteiger partial charge in [-0.3, -0.25) is 0 Å². The number of thiocarbonyl (C=S) groups is 1. The summed E-state index contributed by atoms with van der Waals surface area (Å²) < 4.78 is 10.3. The van der Waals surface area contributed by atoms with Gasteiger partial charge in [-0.1, -0.05) is 12.1 Å². The van der Waals surface area contributed by atoms with Crippen LogP contribution in [0.25, 0.3) is 0 Å². The minimum absolute atomic E-state index is 0. The molecule has 1 atom stereocenters. The van der Waals surface area contributed by atoms with Crippen LogP contribution in [-0.4, -0.2) is 30.3 Å². The van der Waals surface area contributed by atoms with Crippen LogP contribution < -0.4 is 15.4 Å². The van der Waals surface area contributed by atoms with Crippen molar-refractivity contribution in [3.8, 4) is 5.75 Å². The molecule has 120 valence electrons. The summed E-state index contributed by atoms with van der Waals surface area (Å²) in [6, 6.07) is 7.16. The van der Waals surface area contributed by atoms with E-state index in [-0.39, 0.29) is 17.5 Å². The van der Waals surface area contributed by atoms with Crippen molar-refractivity contribution in [3.63, 3.8) is 0 Å². The molecule has 6 nitrogen and oxygen atoms in total. The fourth-order valence-electron chi connectivity index (χ4n) is 2.22. The highest BCUT2D eigenvalue weighted by atomic mass is 32.1. The third kappa shape index (κ3) is 3.75. The summed E-state index contributed by atoms with van der Waals surface area (Å²) >= 11 is 5.18. The number of methoxy groups -OCH3 is 1. The summed E-state index contributed by atoms with van der Waals surface area (Å²) in [4.78, 5) is 12.2. The second-order valence-electron chi connectivity index (χ2n) is 4.56. The van der Waals surface area contributed by atoms with Crippen molar-refractivity contribution in [2.24, 2.45) is 0 Å². The van der Waals surface area contributed by atoms with Crippen LogP contribution in [0.1, 0.15) is 25.5 Å². The molecule has 1 aromatic rings. The Labute approximate surface area is 134 Å². The van der Waals surface area contributed by atoms with E-state index in [2.05, 4.69) is 10.6 Å². The lowest BCUT2D eigenvalue weighted by atomic mass is 9.95. The summed E-state index contributed by atoms with van der Waals surface area (Å²) in [6.45, 7) is 3.93. The molecule has 1 aliphatic rings. The molecule has 1 heterocycles. The maximum Gasteiger partial charge on any atom is 0.338 e. The second kappa shape index (κ2) is 7.77. The summed E-state index contributed by atoms with van der Waals surface area (Å²) in [7, 11) is 1.61. The average Bonchev–Trinajstić information content (AvgIpc) is 2.46. The summed E-state index contributed by atoms with van der Waals surface area (Å²) in [6.07, 6.45) is 0. The highest BCUT2D eigenvalue weighted by Gasteiger charge is 2.30. The Morgan fingerprint density at radius 1 is 1.32 bits per heavy atom. The summed E-state index contributed by atoms with van der Waals surface area (Å²) in [5.41, 5.74) is 2.16. The molecule has 0 amide bonds. The van der Waals surface area contributed by atoms with E-state index in [0.29, 0.717) is 23.0 Å². The molecule has 4 N–H and O–H groups in total. The minimum Gasteiger partial charge on any atom is -0.497 e. The van der Waals surface area contributed by atoms with Gasteiger partial charge in [0.05, 0.1) is 25.3 Å². The highest BCUT2D eigenvalue weighted by Crippen LogP contribution is 2.28. The lowest BCUT2D eigenvalue weighted by molar-refractivity contribution is -0.139. The molecular weight excluding hydrogens is 304 g/mol. The molecular formula is C15H20N2O4S. The number of esters is 1. The van der Waals surface area contributed by atoms with Crippen LogP contribution in [0.3, 0.4) is 0 Å². The Morgan fingerprint density at radius 2 is 1.95 bits per heavy atom. The zero-order valence-electron chi connectivity index (χ0n) is 12.7. The first-order valence-electron chi connectivity index (χ1n) is 6.66. The SMILES string of the molecule is CCOC(=O)C1=C(C)NC(=S)NC1c1ccc(OC)cc1.O. The Balaban J connectivity index is 0.00000242. The molecule has 0 bridgehead atoms. The Bertz CT molecular complexity index is 584. The van der Waals surface area contributed by atoms with Gasteiger partial charge in [0.2, 0.25) is 0 Å². The van der Waals surface area contributed by atoms with E-state index in [4.69, 9.17) is 21.7 Å². The van der Waals surface area contributed by atoms with Crippen molar-refractivity contribution >= 4 is 23.3 Å². The molecule has 1 aliphatic heterocycles. The van der Waals surface area contributed by atoms with Crippen LogP contribution >= 0.6 is 12.2 Å². The predicted molar refractivity (Wildman–Crippen MR) is 87.6 cm³/mol. The average molecular weight is 324 g/mol. The first-order chi connectivity index (χ1) is 10.1. The van der Waals surface area contributed by atoms with Crippen molar-refractivity contribution in [2.75, 3.05) is 13.7 Å². The lowest BCUT2D eigenvalue weighted by Crippen LogP contribution is -2.45. The van der Waals surface area contributed by atoms with Crippen molar-refractivity contribution < 1.29 is 19.7 Å². The van der Waals surface area contributed by atoms with Gasteiger partial charge in [0.15, 0.2) is 5.11 Å². The van der Waals surface area contributed by atoms with Crippen molar-refractivity contribution in [1.82, 2.24) is 10.6 Å². The first-order valence-corrected chi connectivity index (χ1v) is 7.07. The maximum absolute atomic E-state index is 12.2. The van der Waals surface area contributed by atoms with Gasteiger partial charge in [-0.25, -0.2) is 4.79 Å². The van der Waals surface area contributed by atoms with Gasteiger partial charge in [0, 0.05) is 5.70 Å². The predicted octanol–water partition coefficient (Wildman–Crippen LogP) is 1.23. The number of carbonyl (C=O) groups is 1. The van der Waals surface area contributed by atoms with Crippen molar-refractivity contribution in [2.45, 2.75) is 19.9 Å². The van der Waals surface area contributed by atoms with Gasteiger partial charge in [-0.2, -0.15) is 0 Å². The Kier molecular flexibility index (Phi) is 6.33. The molecule has 0 fully saturated rings. The van der Waals surface area contributed by atoms with E-state index >= 15 is 0 Å². The van der Waals surface area contributed by atoms with E-state index in [1.165, 1.54) is 0 Å². The fraction of sp³-hybridized carbons (Fsp3) is 0.333. The topological polar surface area (TPSA) is 91.1 Å². The monoisotopic (exact) mass is 324 g/mol. The zero-order chi connectivity index (χ0) is 15.4. The molecule has 0 saturated carbocycles. The number of nitrogens with one attached hydrogen (secondary N) is 2. The molecule has 0 saturated heterocycles. The van der Waals surface area contributed by atoms with E-state index < -0.39 is 0 Å². The van der Waals surface area contributed by atoms with Gasteiger partial charge in [0.1, 0.15) is 5.75 Å². The van der Waals surface area contributed by atoms with Crippen LogP contribution in [0.15, 0.2) is 35.5 Å². The van der Waals surface area contributed by atoms with Crippen LogP contribution in [-0.2, 0) is 9.53 Å². The van der Waals surface area contributed by atoms with Crippen molar-refractivity contribution in [3.05, 3.63) is 41.1 Å². The lowest BCUT2D eigenvalue weighted by Gasteiger charge is -2.29. The Hall–Kier alpha value is -2.12. The van der Waals surface area contributed by atoms with Gasteiger partial charge in [-0.15, -0.1) is 0 Å². The van der Waals surface area contributed by atoms with Gasteiger partial charge >= 0.3 is 5.97 Å². The molecule has 0 radical (unpaired) electrons. The number of ether oxygens (including phenoxy) is 2. The van der Waals surface area contributed by atoms with Gasteiger partial charge in [-0.05, 0) is 43.8 Å². The molecule has 1 aromatic carbocycles. The Morgan fingerprint density at radius 3 is 2.50 bits per heavy atom. The van der Waals surface area contributed by atoms with Crippen molar-refractivity contribution in [1.29, 1.82) is 0 Å². The van der Waals surface area contributed by atoms with Gasteiger partial charge in [0.25, 0.3) is 0 Å². The highest BCUT2D eigenvalue weighted by molar-refractivity contribution is 7.80. The number of carbonyl (C=O) groups excluding carboxylic acids is 1. The number of rotatable bonds is 4. The number of allylic oxidation sites excluding steroid dienone is 1. The minimum atomic E-state index is -0.349. The van der Waals surface area contributed by atoms with Gasteiger partial charge < -0.3 is 25.6 Å². The molecule has 22 heavy (non-hydrogen) atoms. The zero-order valence-corrected chi connectivity index (χ0v) is 13.5. The van der Waals surface area contributed by atoms with E-state index in [1.54, 1.807) is 14.0 Å². The van der Waals surface area contributed by atoms with Crippen LogP contribution in [0.4, 0.5) is 0 Å². The molecule has 0 aliphatic carbocycles. The molecule has 0 spiro atoms. The molecule has 1 unspecified atom stereocenters. The standard InChI is InChI=1S/C15H18N2O3S.H2O/c1-4-20-14(18)12-9(2)16-15(21)17-13(12)10-5-7-11(19-3)8-6-10;/h5-8,13H,4H2,1-3H3,(H2,16,17,21);1H2. The van der Waals surface area contributed by atoms with Crippen LogP contribution in [0, 0.1) is 0 Å². The van der Waals surface area contributed by atoms with E-state index in [9.17, 15) is 4.79 Å². The maximum atomic E-state index is 12.2. The molecule has 7 heteroatoms. The third-order valence-electron chi connectivity index (χ3n) is 3.21. The van der Waals surface area contributed by atoms with Crippen LogP contribution in [0.2, 0.25) is 0 Å². The molecule has 2 rings (SSSR count). The summed E-state index contributed by atoms with van der Waals surface area (Å²) in [5.74, 6) is 0.409. The smallest absolute Gasteiger partial charge is 0.338 e. The normalized spacial score (nSPS) is 17.0. The number of hydrogen-bond acceptors (Lipinski definition) is 4. The number of hydrogen-bond donors (Lipinski definition) is 2. The first kappa shape index (κ1) is 17.9. The van der Waals surface area contributed by atoms with E-state index in [0.717, 1.165) is 11.3 Å². The van der Waals surface area contributed by atoms with E-state index in [1.807, 2.05) is 31.2 Å². The number of benzene rings is 1. The quantitative estimate of drug-likeness (QED) is 0.639. The van der Waals surface area contributed by atoms with Crippen LogP contribution in [0.5, 0.6) is 5.75 Å². The largest absolute Gasteiger partial charge is 0.497 e.